The zero-order valence-corrected chi connectivity index (χ0v) is 17.6. The zero-order valence-electron chi connectivity index (χ0n) is 17.6. The van der Waals surface area contributed by atoms with E-state index in [4.69, 9.17) is 14.2 Å². The molecular formula is C23H28N4O3. The van der Waals surface area contributed by atoms with Crippen molar-refractivity contribution in [2.24, 2.45) is 11.8 Å². The lowest BCUT2D eigenvalue weighted by atomic mass is 9.73. The molecule has 3 saturated heterocycles. The molecule has 0 radical (unpaired) electrons. The second-order valence-electron chi connectivity index (χ2n) is 9.66. The average molecular weight is 409 g/mol. The van der Waals surface area contributed by atoms with Crippen LogP contribution in [-0.2, 0) is 4.74 Å². The van der Waals surface area contributed by atoms with Gasteiger partial charge >= 0.3 is 0 Å². The number of carbonyl (C=O) groups is 1. The molecule has 1 N–H and O–H groups in total. The number of nitrogens with zero attached hydrogens (tertiary/aromatic N) is 3. The summed E-state index contributed by atoms with van der Waals surface area (Å²) in [5, 5.41) is 7.15. The van der Waals surface area contributed by atoms with E-state index in [1.54, 1.807) is 6.07 Å². The maximum Gasteiger partial charge on any atom is 0.289 e. The van der Waals surface area contributed by atoms with Gasteiger partial charge in [-0.2, -0.15) is 0 Å². The molecule has 158 valence electrons. The summed E-state index contributed by atoms with van der Waals surface area (Å²) < 4.78 is 11.8. The van der Waals surface area contributed by atoms with E-state index in [9.17, 15) is 4.79 Å². The largest absolute Gasteiger partial charge is 0.369 e. The first kappa shape index (κ1) is 18.4. The van der Waals surface area contributed by atoms with Crippen LogP contribution in [0.25, 0.3) is 0 Å². The van der Waals surface area contributed by atoms with E-state index < -0.39 is 0 Å². The predicted octanol–water partition coefficient (Wildman–Crippen LogP) is 2.98. The minimum atomic E-state index is -0.169. The van der Waals surface area contributed by atoms with Gasteiger partial charge in [0.2, 0.25) is 5.76 Å². The van der Waals surface area contributed by atoms with Crippen LogP contribution in [0.2, 0.25) is 0 Å². The van der Waals surface area contributed by atoms with E-state index in [1.165, 1.54) is 5.56 Å². The molecule has 3 aliphatic heterocycles. The maximum atomic E-state index is 12.6. The Kier molecular flexibility index (Phi) is 4.01. The van der Waals surface area contributed by atoms with Gasteiger partial charge < -0.3 is 19.5 Å². The number of aromatic nitrogens is 2. The molecule has 30 heavy (non-hydrogen) atoms. The Morgan fingerprint density at radius 1 is 1.27 bits per heavy atom. The number of carbonyl (C=O) groups excluding carboxylic acids is 1. The summed E-state index contributed by atoms with van der Waals surface area (Å²) >= 11 is 0. The minimum Gasteiger partial charge on any atom is -0.369 e. The Hall–Kier alpha value is -2.41. The molecule has 0 aromatic carbocycles. The van der Waals surface area contributed by atoms with Crippen molar-refractivity contribution in [1.82, 2.24) is 15.5 Å². The quantitative estimate of drug-likeness (QED) is 0.819. The fourth-order valence-corrected chi connectivity index (χ4v) is 5.89. The van der Waals surface area contributed by atoms with E-state index in [0.717, 1.165) is 56.0 Å². The third kappa shape index (κ3) is 2.94. The molecule has 5 heterocycles. The van der Waals surface area contributed by atoms with Crippen LogP contribution in [0.5, 0.6) is 0 Å². The molecule has 0 unspecified atom stereocenters. The zero-order chi connectivity index (χ0) is 20.5. The van der Waals surface area contributed by atoms with Crippen molar-refractivity contribution in [3.8, 4) is 0 Å². The second kappa shape index (κ2) is 6.54. The van der Waals surface area contributed by atoms with Crippen LogP contribution in [0.4, 0.5) is 5.82 Å². The average Bonchev–Trinajstić information content (AvgIpc) is 3.07. The van der Waals surface area contributed by atoms with Gasteiger partial charge in [-0.1, -0.05) is 5.16 Å². The minimum absolute atomic E-state index is 0.0925. The molecule has 1 spiro atoms. The second-order valence-corrected chi connectivity index (χ2v) is 9.66. The van der Waals surface area contributed by atoms with Crippen molar-refractivity contribution in [2.75, 3.05) is 24.5 Å². The number of rotatable bonds is 5. The Morgan fingerprint density at radius 2 is 2.13 bits per heavy atom. The molecule has 1 amide bonds. The molecule has 7 nitrogen and oxygen atoms in total. The third-order valence-corrected chi connectivity index (χ3v) is 7.44. The lowest BCUT2D eigenvalue weighted by Crippen LogP contribution is -2.41. The first-order chi connectivity index (χ1) is 14.5. The number of aryl methyl sites for hydroxylation is 2. The summed E-state index contributed by atoms with van der Waals surface area (Å²) in [6.07, 6.45) is 4.69. The van der Waals surface area contributed by atoms with Gasteiger partial charge in [-0.05, 0) is 57.2 Å². The van der Waals surface area contributed by atoms with Crippen LogP contribution in [0, 0.1) is 25.7 Å². The normalized spacial score (nSPS) is 31.9. The number of hydrogen-bond donors (Lipinski definition) is 1. The fourth-order valence-electron chi connectivity index (χ4n) is 5.89. The first-order valence-electron chi connectivity index (χ1n) is 11.1. The molecule has 1 saturated carbocycles. The van der Waals surface area contributed by atoms with E-state index in [-0.39, 0.29) is 17.6 Å². The fraction of sp³-hybridized carbons (Fsp3) is 0.609. The number of fused-ring (bicyclic) bond motifs is 1. The van der Waals surface area contributed by atoms with Gasteiger partial charge in [-0.15, -0.1) is 0 Å². The number of nitrogens with one attached hydrogen (secondary N) is 1. The summed E-state index contributed by atoms with van der Waals surface area (Å²) in [7, 11) is 0. The predicted molar refractivity (Wildman–Crippen MR) is 111 cm³/mol. The summed E-state index contributed by atoms with van der Waals surface area (Å²) in [4.78, 5) is 19.7. The molecule has 2 bridgehead atoms. The molecule has 2 aromatic heterocycles. The van der Waals surface area contributed by atoms with Crippen LogP contribution in [-0.4, -0.2) is 47.4 Å². The molecular weight excluding hydrogens is 380 g/mol. The molecule has 2 aromatic rings. The SMILES string of the molecule is Cc1cc(C)nc(N2C[C@@H]3[C@H](CNC(=O)c4cc(C5CC5)no4)[C@H]4CC[C@]3(C2)O4)c1. The van der Waals surface area contributed by atoms with E-state index >= 15 is 0 Å². The first-order valence-corrected chi connectivity index (χ1v) is 11.1. The Labute approximate surface area is 176 Å². The van der Waals surface area contributed by atoms with Crippen molar-refractivity contribution < 1.29 is 14.1 Å². The molecule has 4 fully saturated rings. The molecule has 6 rings (SSSR count). The number of pyridine rings is 1. The van der Waals surface area contributed by atoms with Crippen LogP contribution >= 0.6 is 0 Å². The van der Waals surface area contributed by atoms with Crippen molar-refractivity contribution in [3.63, 3.8) is 0 Å². The Balaban J connectivity index is 1.15. The van der Waals surface area contributed by atoms with Crippen molar-refractivity contribution in [2.45, 2.75) is 57.2 Å². The lowest BCUT2D eigenvalue weighted by Gasteiger charge is -2.29. The smallest absolute Gasteiger partial charge is 0.289 e. The van der Waals surface area contributed by atoms with Gasteiger partial charge in [0.1, 0.15) is 5.82 Å². The number of hydrogen-bond acceptors (Lipinski definition) is 6. The van der Waals surface area contributed by atoms with Crippen LogP contribution in [0.3, 0.4) is 0 Å². The molecule has 4 atom stereocenters. The standard InChI is InChI=1S/C23H28N4O3/c1-13-7-14(2)25-21(8-13)27-11-17-16(19-5-6-23(17,12-27)29-19)10-24-22(28)20-9-18(26-30-20)15-3-4-15/h7-9,15-17,19H,3-6,10-12H2,1-2H3,(H,24,28)/t16-,17+,19+,23+/m0/s1. The van der Waals surface area contributed by atoms with Crippen LogP contribution in [0.15, 0.2) is 22.7 Å². The topological polar surface area (TPSA) is 80.5 Å². The van der Waals surface area contributed by atoms with Gasteiger partial charge in [0, 0.05) is 49.1 Å². The molecule has 7 heteroatoms. The van der Waals surface area contributed by atoms with Gasteiger partial charge in [-0.25, -0.2) is 4.98 Å². The van der Waals surface area contributed by atoms with Crippen molar-refractivity contribution in [1.29, 1.82) is 0 Å². The summed E-state index contributed by atoms with van der Waals surface area (Å²) in [5.74, 6) is 2.42. The number of anilines is 1. The van der Waals surface area contributed by atoms with Gasteiger partial charge in [-0.3, -0.25) is 4.79 Å². The summed E-state index contributed by atoms with van der Waals surface area (Å²) in [6.45, 7) is 6.60. The van der Waals surface area contributed by atoms with Crippen LogP contribution in [0.1, 0.15) is 59.1 Å². The summed E-state index contributed by atoms with van der Waals surface area (Å²) in [6, 6.07) is 6.07. The number of ether oxygens (including phenoxy) is 1. The molecule has 4 aliphatic rings. The maximum absolute atomic E-state index is 12.6. The van der Waals surface area contributed by atoms with Gasteiger partial charge in [0.25, 0.3) is 5.91 Å². The lowest BCUT2D eigenvalue weighted by molar-refractivity contribution is 0.0141. The monoisotopic (exact) mass is 408 g/mol. The van der Waals surface area contributed by atoms with Crippen LogP contribution < -0.4 is 10.2 Å². The Bertz CT molecular complexity index is 980. The van der Waals surface area contributed by atoms with Crippen molar-refractivity contribution >= 4 is 11.7 Å². The van der Waals surface area contributed by atoms with E-state index in [2.05, 4.69) is 34.4 Å². The van der Waals surface area contributed by atoms with Crippen molar-refractivity contribution in [3.05, 3.63) is 40.9 Å². The van der Waals surface area contributed by atoms with Gasteiger partial charge in [0.15, 0.2) is 0 Å². The molecule has 1 aliphatic carbocycles. The summed E-state index contributed by atoms with van der Waals surface area (Å²) in [5.41, 5.74) is 3.10. The highest BCUT2D eigenvalue weighted by atomic mass is 16.5. The highest BCUT2D eigenvalue weighted by Crippen LogP contribution is 2.55. The third-order valence-electron chi connectivity index (χ3n) is 7.44. The Morgan fingerprint density at radius 3 is 2.93 bits per heavy atom. The van der Waals surface area contributed by atoms with E-state index in [1.807, 2.05) is 6.92 Å². The highest BCUT2D eigenvalue weighted by molar-refractivity contribution is 5.91. The highest BCUT2D eigenvalue weighted by Gasteiger charge is 2.63. The van der Waals surface area contributed by atoms with E-state index in [0.29, 0.717) is 30.1 Å². The number of amides is 1. The van der Waals surface area contributed by atoms with Gasteiger partial charge in [0.05, 0.1) is 17.4 Å².